The topological polar surface area (TPSA) is 38.8 Å². The molecule has 1 aliphatic heterocycles. The number of carbonyl (C=O) groups is 1. The van der Waals surface area contributed by atoms with Gasteiger partial charge < -0.3 is 14.4 Å². The zero-order chi connectivity index (χ0) is 17.0. The van der Waals surface area contributed by atoms with Gasteiger partial charge in [0, 0.05) is 18.7 Å². The van der Waals surface area contributed by atoms with Crippen molar-refractivity contribution >= 4 is 22.0 Å². The van der Waals surface area contributed by atoms with Gasteiger partial charge in [0.05, 0.1) is 17.2 Å². The van der Waals surface area contributed by atoms with Crippen LogP contribution < -0.4 is 0 Å². The summed E-state index contributed by atoms with van der Waals surface area (Å²) in [5, 5.41) is 0. The third-order valence-corrected chi connectivity index (χ3v) is 4.21. The molecule has 0 radical (unpaired) electrons. The number of carbonyl (C=O) groups excluding carboxylic acids is 1. The Hall–Kier alpha value is -1.14. The normalized spacial score (nSPS) is 16.5. The van der Waals surface area contributed by atoms with Crippen LogP contribution in [0.1, 0.15) is 39.2 Å². The molecule has 1 heterocycles. The van der Waals surface area contributed by atoms with E-state index in [0.717, 1.165) is 12.8 Å². The Labute approximate surface area is 145 Å². The summed E-state index contributed by atoms with van der Waals surface area (Å²) in [6, 6.07) is 5.17. The summed E-state index contributed by atoms with van der Waals surface area (Å²) < 4.78 is 25.5. The fraction of sp³-hybridized carbons (Fsp3) is 0.588. The summed E-state index contributed by atoms with van der Waals surface area (Å²) in [5.41, 5.74) is 0.0526. The van der Waals surface area contributed by atoms with Crippen molar-refractivity contribution in [3.8, 4) is 0 Å². The first-order chi connectivity index (χ1) is 10.8. The van der Waals surface area contributed by atoms with Crippen LogP contribution in [0.5, 0.6) is 0 Å². The average Bonchev–Trinajstić information content (AvgIpc) is 2.47. The predicted octanol–water partition coefficient (Wildman–Crippen LogP) is 4.50. The van der Waals surface area contributed by atoms with Crippen LogP contribution >= 0.6 is 15.9 Å². The molecule has 1 aromatic carbocycles. The summed E-state index contributed by atoms with van der Waals surface area (Å²) in [7, 11) is 0. The molecule has 0 unspecified atom stereocenters. The van der Waals surface area contributed by atoms with Crippen molar-refractivity contribution < 1.29 is 18.7 Å². The summed E-state index contributed by atoms with van der Waals surface area (Å²) >= 11 is 3.17. The van der Waals surface area contributed by atoms with Crippen molar-refractivity contribution in [1.29, 1.82) is 0 Å². The van der Waals surface area contributed by atoms with E-state index in [-0.39, 0.29) is 24.6 Å². The highest BCUT2D eigenvalue weighted by atomic mass is 79.9. The second kappa shape index (κ2) is 7.62. The third-order valence-electron chi connectivity index (χ3n) is 3.60. The zero-order valence-electron chi connectivity index (χ0n) is 13.8. The summed E-state index contributed by atoms with van der Waals surface area (Å²) in [4.78, 5) is 13.7. The van der Waals surface area contributed by atoms with Crippen LogP contribution in [-0.4, -0.2) is 35.8 Å². The summed E-state index contributed by atoms with van der Waals surface area (Å²) in [6.07, 6.45) is 1.21. The lowest BCUT2D eigenvalue weighted by atomic mass is 10.1. The monoisotopic (exact) mass is 387 g/mol. The second-order valence-corrected chi connectivity index (χ2v) is 7.55. The molecule has 1 aromatic rings. The maximum atomic E-state index is 13.9. The van der Waals surface area contributed by atoms with Gasteiger partial charge in [0.25, 0.3) is 0 Å². The highest BCUT2D eigenvalue weighted by Crippen LogP contribution is 2.22. The molecule has 0 aliphatic carbocycles. The summed E-state index contributed by atoms with van der Waals surface area (Å²) in [6.45, 7) is 7.00. The lowest BCUT2D eigenvalue weighted by Crippen LogP contribution is -2.43. The van der Waals surface area contributed by atoms with Crippen molar-refractivity contribution in [2.24, 2.45) is 0 Å². The van der Waals surface area contributed by atoms with Gasteiger partial charge in [0.1, 0.15) is 11.4 Å². The Kier molecular flexibility index (Phi) is 6.03. The number of hydrogen-bond donors (Lipinski definition) is 0. The zero-order valence-corrected chi connectivity index (χ0v) is 15.4. The number of likely N-dealkylation sites (tertiary alicyclic amines) is 1. The van der Waals surface area contributed by atoms with E-state index in [1.54, 1.807) is 23.1 Å². The highest BCUT2D eigenvalue weighted by Gasteiger charge is 2.27. The second-order valence-electron chi connectivity index (χ2n) is 6.69. The number of amides is 1. The molecule has 0 N–H and O–H groups in total. The van der Waals surface area contributed by atoms with E-state index in [1.165, 1.54) is 0 Å². The smallest absolute Gasteiger partial charge is 0.410 e. The van der Waals surface area contributed by atoms with Crippen LogP contribution in [-0.2, 0) is 16.1 Å². The minimum absolute atomic E-state index is 0.0343. The quantitative estimate of drug-likeness (QED) is 0.765. The van der Waals surface area contributed by atoms with Crippen LogP contribution in [0.4, 0.5) is 9.18 Å². The Balaban J connectivity index is 1.79. The number of ether oxygens (including phenoxy) is 2. The minimum Gasteiger partial charge on any atom is -0.444 e. The van der Waals surface area contributed by atoms with Crippen molar-refractivity contribution in [1.82, 2.24) is 4.90 Å². The predicted molar refractivity (Wildman–Crippen MR) is 89.7 cm³/mol. The van der Waals surface area contributed by atoms with Gasteiger partial charge in [0.15, 0.2) is 0 Å². The molecular weight excluding hydrogens is 365 g/mol. The van der Waals surface area contributed by atoms with Gasteiger partial charge in [-0.1, -0.05) is 12.1 Å². The van der Waals surface area contributed by atoms with Crippen LogP contribution in [0.2, 0.25) is 0 Å². The van der Waals surface area contributed by atoms with Gasteiger partial charge >= 0.3 is 6.09 Å². The number of piperidine rings is 1. The molecule has 1 saturated heterocycles. The Morgan fingerprint density at radius 3 is 2.61 bits per heavy atom. The number of benzene rings is 1. The van der Waals surface area contributed by atoms with E-state index in [4.69, 9.17) is 9.47 Å². The SMILES string of the molecule is CC(C)(C)OC(=O)N1CCC(OCc2cccc(Br)c2F)CC1. The molecule has 128 valence electrons. The molecule has 1 fully saturated rings. The molecule has 0 saturated carbocycles. The lowest BCUT2D eigenvalue weighted by Gasteiger charge is -2.33. The van der Waals surface area contributed by atoms with Crippen molar-refractivity contribution in [3.63, 3.8) is 0 Å². The Morgan fingerprint density at radius 1 is 1.35 bits per heavy atom. The van der Waals surface area contributed by atoms with Crippen molar-refractivity contribution in [2.75, 3.05) is 13.1 Å². The number of halogens is 2. The number of nitrogens with zero attached hydrogens (tertiary/aromatic N) is 1. The molecular formula is C17H23BrFNO3. The number of hydrogen-bond acceptors (Lipinski definition) is 3. The first-order valence-corrected chi connectivity index (χ1v) is 8.58. The van der Waals surface area contributed by atoms with Crippen molar-refractivity contribution in [2.45, 2.75) is 51.9 Å². The summed E-state index contributed by atoms with van der Waals surface area (Å²) in [5.74, 6) is -0.279. The largest absolute Gasteiger partial charge is 0.444 e. The number of rotatable bonds is 3. The van der Waals surface area contributed by atoms with E-state index < -0.39 is 5.60 Å². The van der Waals surface area contributed by atoms with Gasteiger partial charge in [-0.25, -0.2) is 9.18 Å². The fourth-order valence-corrected chi connectivity index (χ4v) is 2.81. The molecule has 4 nitrogen and oxygen atoms in total. The Morgan fingerprint density at radius 2 is 2.00 bits per heavy atom. The molecule has 1 amide bonds. The van der Waals surface area contributed by atoms with E-state index in [0.29, 0.717) is 23.1 Å². The molecule has 0 bridgehead atoms. The molecule has 2 rings (SSSR count). The van der Waals surface area contributed by atoms with Gasteiger partial charge in [-0.05, 0) is 55.6 Å². The minimum atomic E-state index is -0.483. The molecule has 0 spiro atoms. The average molecular weight is 388 g/mol. The van der Waals surface area contributed by atoms with Gasteiger partial charge in [-0.3, -0.25) is 0 Å². The van der Waals surface area contributed by atoms with E-state index >= 15 is 0 Å². The van der Waals surface area contributed by atoms with Crippen LogP contribution in [0.15, 0.2) is 22.7 Å². The Bertz CT molecular complexity index is 551. The highest BCUT2D eigenvalue weighted by molar-refractivity contribution is 9.10. The molecule has 0 atom stereocenters. The molecule has 1 aliphatic rings. The standard InChI is InChI=1S/C17H23BrFNO3/c1-17(2,3)23-16(21)20-9-7-13(8-10-20)22-11-12-5-4-6-14(18)15(12)19/h4-6,13H,7-11H2,1-3H3. The maximum Gasteiger partial charge on any atom is 0.410 e. The first-order valence-electron chi connectivity index (χ1n) is 7.78. The third kappa shape index (κ3) is 5.46. The maximum absolute atomic E-state index is 13.9. The molecule has 23 heavy (non-hydrogen) atoms. The van der Waals surface area contributed by atoms with E-state index in [1.807, 2.05) is 20.8 Å². The fourth-order valence-electron chi connectivity index (χ4n) is 2.40. The van der Waals surface area contributed by atoms with Crippen LogP contribution in [0, 0.1) is 5.82 Å². The molecule has 0 aromatic heterocycles. The van der Waals surface area contributed by atoms with Gasteiger partial charge in [0.2, 0.25) is 0 Å². The van der Waals surface area contributed by atoms with Gasteiger partial charge in [-0.2, -0.15) is 0 Å². The van der Waals surface area contributed by atoms with Crippen LogP contribution in [0.25, 0.3) is 0 Å². The van der Waals surface area contributed by atoms with Gasteiger partial charge in [-0.15, -0.1) is 0 Å². The van der Waals surface area contributed by atoms with E-state index in [9.17, 15) is 9.18 Å². The van der Waals surface area contributed by atoms with Crippen LogP contribution in [0.3, 0.4) is 0 Å². The van der Waals surface area contributed by atoms with Crippen molar-refractivity contribution in [3.05, 3.63) is 34.1 Å². The lowest BCUT2D eigenvalue weighted by molar-refractivity contribution is -0.0176. The molecule has 6 heteroatoms. The van der Waals surface area contributed by atoms with E-state index in [2.05, 4.69) is 15.9 Å². The first kappa shape index (κ1) is 18.2.